The Morgan fingerprint density at radius 1 is 0.654 bits per heavy atom. The van der Waals surface area contributed by atoms with Crippen LogP contribution in [0.3, 0.4) is 0 Å². The molecule has 5 aliphatic rings. The SMILES string of the molecule is CC1O[C@@H](C2(O[C@@H]3OC(CO)C(O)[C@H](O)[C@H]3O[C@@H]3CC(O)[C@H](O)[C@H](O)C3C)O[C@@H]3C=COC(CO)[C@H]32)[C@H](O)C(O)[C@@H]1O.[Ac].[Ac].[Ac].[Ac].[Ac].[Ac].[Ac].[Ac].[Ac].[Ac]. The predicted molar refractivity (Wildman–Crippen MR) is 134 cm³/mol. The molecule has 1 aliphatic carbocycles. The van der Waals surface area contributed by atoms with Crippen molar-refractivity contribution in [1.82, 2.24) is 0 Å². The second-order valence-corrected chi connectivity index (χ2v) is 11.9. The molecule has 10 radical (unpaired) electrons. The average molecular weight is 2880 g/mol. The molecule has 0 aromatic carbocycles. The van der Waals surface area contributed by atoms with Crippen LogP contribution in [-0.2, 0) is 28.4 Å². The molecule has 1 saturated carbocycles. The van der Waals surface area contributed by atoms with E-state index in [0.29, 0.717) is 0 Å². The van der Waals surface area contributed by atoms with Gasteiger partial charge >= 0.3 is 0 Å². The molecule has 26 heteroatoms. The van der Waals surface area contributed by atoms with Gasteiger partial charge in [0.05, 0.1) is 55.9 Å². The summed E-state index contributed by atoms with van der Waals surface area (Å²) in [5, 5.41) is 104. The van der Waals surface area contributed by atoms with Gasteiger partial charge in [-0.2, -0.15) is 0 Å². The second-order valence-electron chi connectivity index (χ2n) is 11.9. The molecular weight excluding hydrogens is 2840 g/mol. The Labute approximate surface area is 661 Å². The maximum atomic E-state index is 11.1. The van der Waals surface area contributed by atoms with E-state index < -0.39 is 129 Å². The van der Waals surface area contributed by atoms with E-state index >= 15 is 0 Å². The standard InChI is InChI=1S/C26H42O16.10Ac/c1-8-12(5-10(29)18(32)16(8)30)39-23-21(35)19(33)14(7-28)40-25(23)42-26(15-11(41-26)3-4-37-13(15)6-27)24-22(36)20(34)17(31)9(2)38-24;;;;;;;;;;/h3-4,8-25,27-36H,5-7H2,1-2H3;;;;;;;;;;/t8?,9?,10?,11-,12-,13?,14?,15+,16-,17-,18+,19?,20?,21+,22-,23-,24-,25+,26?;;;;;;;;;;/m1........../s1. The molecule has 0 spiro atoms. The summed E-state index contributed by atoms with van der Waals surface area (Å²) in [5.41, 5.74) is 0. The first-order chi connectivity index (χ1) is 19.9. The molecule has 19 atom stereocenters. The summed E-state index contributed by atoms with van der Waals surface area (Å²) < 4.78 is 35.8. The molecule has 16 nitrogen and oxygen atoms in total. The fourth-order valence-corrected chi connectivity index (χ4v) is 6.64. The van der Waals surface area contributed by atoms with Crippen LogP contribution in [0.4, 0.5) is 0 Å². The molecule has 0 bridgehead atoms. The van der Waals surface area contributed by atoms with Crippen LogP contribution in [0.1, 0.15) is 20.3 Å². The molecule has 10 N–H and O–H groups in total. The van der Waals surface area contributed by atoms with Crippen LogP contribution in [0.15, 0.2) is 12.3 Å². The van der Waals surface area contributed by atoms with Crippen molar-refractivity contribution in [1.29, 1.82) is 0 Å². The minimum absolute atomic E-state index is 0. The van der Waals surface area contributed by atoms with Crippen molar-refractivity contribution >= 4 is 0 Å². The summed E-state index contributed by atoms with van der Waals surface area (Å²) in [5.74, 6) is -3.70. The summed E-state index contributed by atoms with van der Waals surface area (Å²) >= 11 is 0. The van der Waals surface area contributed by atoms with Crippen molar-refractivity contribution in [3.63, 3.8) is 0 Å². The molecule has 4 aliphatic heterocycles. The van der Waals surface area contributed by atoms with E-state index in [4.69, 9.17) is 28.4 Å². The number of fused-ring (bicyclic) bond motifs is 1. The van der Waals surface area contributed by atoms with Crippen molar-refractivity contribution in [2.45, 2.75) is 124 Å². The van der Waals surface area contributed by atoms with Gasteiger partial charge in [-0.1, -0.05) is 6.92 Å². The van der Waals surface area contributed by atoms with Gasteiger partial charge in [0, 0.05) is 453 Å². The summed E-state index contributed by atoms with van der Waals surface area (Å²) in [6.07, 6.45) is -19.6. The maximum Gasteiger partial charge on any atom is 0.210 e. The monoisotopic (exact) mass is 2880 g/mol. The van der Waals surface area contributed by atoms with Gasteiger partial charge in [0.25, 0.3) is 0 Å². The van der Waals surface area contributed by atoms with E-state index in [-0.39, 0.29) is 447 Å². The topological polar surface area (TPSA) is 258 Å². The summed E-state index contributed by atoms with van der Waals surface area (Å²) in [6.45, 7) is 1.75. The Bertz CT molecular complexity index is 992. The van der Waals surface area contributed by atoms with Gasteiger partial charge in [-0.05, 0) is 13.0 Å². The molecule has 5 rings (SSSR count). The van der Waals surface area contributed by atoms with Crippen LogP contribution in [0, 0.1) is 452 Å². The number of rotatable bonds is 7. The average Bonchev–Trinajstić information content (AvgIpc) is 2.97. The summed E-state index contributed by atoms with van der Waals surface area (Å²) in [4.78, 5) is 0. The zero-order valence-corrected chi connectivity index (χ0v) is 76.3. The van der Waals surface area contributed by atoms with Crippen molar-refractivity contribution in [2.75, 3.05) is 13.2 Å². The van der Waals surface area contributed by atoms with E-state index in [1.165, 1.54) is 19.3 Å². The molecule has 0 amide bonds. The number of ether oxygens (including phenoxy) is 6. The van der Waals surface area contributed by atoms with E-state index in [1.807, 2.05) is 0 Å². The third kappa shape index (κ3) is 17.9. The van der Waals surface area contributed by atoms with E-state index in [9.17, 15) is 51.1 Å². The number of hydrogen-bond acceptors (Lipinski definition) is 16. The fraction of sp³-hybridized carbons (Fsp3) is 0.923. The molecule has 0 aromatic heterocycles. The molecule has 4 heterocycles. The number of aliphatic hydroxyl groups excluding tert-OH is 10. The van der Waals surface area contributed by atoms with Gasteiger partial charge in [-0.3, -0.25) is 0 Å². The van der Waals surface area contributed by atoms with Gasteiger partial charge in [0.1, 0.15) is 61.0 Å². The van der Waals surface area contributed by atoms with Gasteiger partial charge in [0.2, 0.25) is 5.79 Å². The first kappa shape index (κ1) is 76.8. The third-order valence-corrected chi connectivity index (χ3v) is 9.29. The van der Waals surface area contributed by atoms with Crippen molar-refractivity contribution < 1.29 is 520 Å². The van der Waals surface area contributed by atoms with E-state index in [0.717, 1.165) is 0 Å². The Morgan fingerprint density at radius 3 is 1.75 bits per heavy atom. The molecule has 3 saturated heterocycles. The quantitative estimate of drug-likeness (QED) is 0.114. The van der Waals surface area contributed by atoms with Crippen LogP contribution < -0.4 is 0 Å². The first-order valence-corrected chi connectivity index (χ1v) is 14.2. The first-order valence-electron chi connectivity index (χ1n) is 14.2. The van der Waals surface area contributed by atoms with E-state index in [2.05, 4.69) is 0 Å². The van der Waals surface area contributed by atoms with Crippen molar-refractivity contribution in [3.8, 4) is 0 Å². The zero-order valence-electron chi connectivity index (χ0n) is 28.9. The second kappa shape index (κ2) is 36.3. The molecule has 8 unspecified atom stereocenters. The minimum Gasteiger partial charge on any atom is -0.495 e. The van der Waals surface area contributed by atoms with Crippen LogP contribution in [0.2, 0.25) is 0 Å². The maximum absolute atomic E-state index is 11.1. The Hall–Kier alpha value is 13.4. The molecule has 4 fully saturated rings. The van der Waals surface area contributed by atoms with Gasteiger partial charge in [-0.15, -0.1) is 0 Å². The number of hydrogen-bond donors (Lipinski definition) is 10. The summed E-state index contributed by atoms with van der Waals surface area (Å²) in [7, 11) is 0. The molecular formula is C26H42Ac10O16. The smallest absolute Gasteiger partial charge is 0.210 e. The predicted octanol–water partition coefficient (Wildman–Crippen LogP) is -5.20. The molecule has 0 aromatic rings. The van der Waals surface area contributed by atoms with Gasteiger partial charge in [0.15, 0.2) is 6.29 Å². The molecule has 272 valence electrons. The normalized spacial score (nSPS) is 45.5. The Balaban J connectivity index is -0.000000529. The van der Waals surface area contributed by atoms with Crippen LogP contribution in [-0.4, -0.2) is 168 Å². The number of aliphatic hydroxyl groups is 10. The van der Waals surface area contributed by atoms with Crippen LogP contribution in [0.5, 0.6) is 0 Å². The largest absolute Gasteiger partial charge is 0.495 e. The van der Waals surface area contributed by atoms with Crippen LogP contribution in [0.25, 0.3) is 0 Å². The Morgan fingerprint density at radius 2 is 1.21 bits per heavy atom. The summed E-state index contributed by atoms with van der Waals surface area (Å²) in [6, 6.07) is 0. The minimum atomic E-state index is -2.06. The fourth-order valence-electron chi connectivity index (χ4n) is 6.64. The van der Waals surface area contributed by atoms with E-state index in [1.54, 1.807) is 6.92 Å². The van der Waals surface area contributed by atoms with Gasteiger partial charge < -0.3 is 79.5 Å². The third-order valence-electron chi connectivity index (χ3n) is 9.29. The van der Waals surface area contributed by atoms with Crippen LogP contribution >= 0.6 is 0 Å². The molecule has 52 heavy (non-hydrogen) atoms. The van der Waals surface area contributed by atoms with Crippen molar-refractivity contribution in [2.24, 2.45) is 11.8 Å². The Kier molecular flexibility index (Phi) is 53.6. The zero-order chi connectivity index (χ0) is 30.7. The van der Waals surface area contributed by atoms with Gasteiger partial charge in [-0.25, -0.2) is 0 Å². The van der Waals surface area contributed by atoms with Crippen molar-refractivity contribution in [3.05, 3.63) is 12.3 Å².